The van der Waals surface area contributed by atoms with Crippen molar-refractivity contribution >= 4 is 11.9 Å². The van der Waals surface area contributed by atoms with Crippen LogP contribution in [0.25, 0.3) is 0 Å². The summed E-state index contributed by atoms with van der Waals surface area (Å²) >= 11 is 0. The van der Waals surface area contributed by atoms with Crippen LogP contribution in [0.1, 0.15) is 11.1 Å². The van der Waals surface area contributed by atoms with Crippen LogP contribution in [0, 0.1) is 0 Å². The Bertz CT molecular complexity index is 545. The minimum absolute atomic E-state index is 0.202. The van der Waals surface area contributed by atoms with E-state index in [1.165, 1.54) is 18.2 Å². The summed E-state index contributed by atoms with van der Waals surface area (Å²) in [6.07, 6.45) is -4.58. The lowest BCUT2D eigenvalue weighted by Gasteiger charge is -2.28. The van der Waals surface area contributed by atoms with Gasteiger partial charge in [0, 0.05) is 5.56 Å². The standard InChI is InChI=1S/C10H11F3N6/c11-9(12,13)5-3-1-2-4-6(5)10(16)18-7(14)17-8(15)19-10/h1-4H,16H2,(H5,14,15,17,18,19). The van der Waals surface area contributed by atoms with Crippen LogP contribution in [0.5, 0.6) is 0 Å². The molecule has 102 valence electrons. The lowest BCUT2D eigenvalue weighted by atomic mass is 10.0. The number of benzene rings is 1. The molecule has 0 radical (unpaired) electrons. The molecule has 0 saturated carbocycles. The van der Waals surface area contributed by atoms with Gasteiger partial charge in [0.25, 0.3) is 0 Å². The Hall–Kier alpha value is -2.29. The molecule has 0 bridgehead atoms. The van der Waals surface area contributed by atoms with Gasteiger partial charge < -0.3 is 11.5 Å². The molecule has 0 unspecified atom stereocenters. The van der Waals surface area contributed by atoms with Gasteiger partial charge in [0.1, 0.15) is 0 Å². The third-order valence-electron chi connectivity index (χ3n) is 2.47. The maximum Gasteiger partial charge on any atom is 0.416 e. The molecule has 7 N–H and O–H groups in total. The fourth-order valence-electron chi connectivity index (χ4n) is 1.75. The van der Waals surface area contributed by atoms with E-state index in [4.69, 9.17) is 17.2 Å². The van der Waals surface area contributed by atoms with Gasteiger partial charge in [-0.3, -0.25) is 11.1 Å². The first-order chi connectivity index (χ1) is 8.72. The first-order valence-electron chi connectivity index (χ1n) is 5.15. The Kier molecular flexibility index (Phi) is 2.85. The lowest BCUT2D eigenvalue weighted by Crippen LogP contribution is -2.51. The number of aliphatic imine (C=N–C) groups is 2. The highest BCUT2D eigenvalue weighted by Crippen LogP contribution is 2.37. The van der Waals surface area contributed by atoms with E-state index < -0.39 is 17.5 Å². The summed E-state index contributed by atoms with van der Waals surface area (Å²) in [5, 5.41) is 2.36. The zero-order valence-corrected chi connectivity index (χ0v) is 9.57. The van der Waals surface area contributed by atoms with E-state index in [0.717, 1.165) is 6.07 Å². The number of hydrogen-bond acceptors (Lipinski definition) is 6. The molecule has 2 rings (SSSR count). The third-order valence-corrected chi connectivity index (χ3v) is 2.47. The monoisotopic (exact) mass is 272 g/mol. The van der Waals surface area contributed by atoms with Crippen LogP contribution in [0.3, 0.4) is 0 Å². The predicted octanol–water partition coefficient (Wildman–Crippen LogP) is 0.00700. The van der Waals surface area contributed by atoms with E-state index in [1.807, 2.05) is 0 Å². The maximum absolute atomic E-state index is 12.9. The van der Waals surface area contributed by atoms with Crippen LogP contribution in [0.2, 0.25) is 0 Å². The largest absolute Gasteiger partial charge is 0.416 e. The molecule has 0 fully saturated rings. The molecule has 0 atom stereocenters. The molecular weight excluding hydrogens is 261 g/mol. The van der Waals surface area contributed by atoms with Crippen molar-refractivity contribution in [1.82, 2.24) is 5.32 Å². The maximum atomic E-state index is 12.9. The second kappa shape index (κ2) is 4.12. The van der Waals surface area contributed by atoms with Crippen molar-refractivity contribution in [2.75, 3.05) is 0 Å². The highest BCUT2D eigenvalue weighted by Gasteiger charge is 2.41. The van der Waals surface area contributed by atoms with Gasteiger partial charge in [0.15, 0.2) is 11.9 Å². The van der Waals surface area contributed by atoms with E-state index in [2.05, 4.69) is 15.3 Å². The van der Waals surface area contributed by atoms with Crippen molar-refractivity contribution in [1.29, 1.82) is 0 Å². The number of rotatable bonds is 1. The minimum Gasteiger partial charge on any atom is -0.369 e. The quantitative estimate of drug-likeness (QED) is 0.576. The average molecular weight is 272 g/mol. The van der Waals surface area contributed by atoms with Gasteiger partial charge in [-0.2, -0.15) is 13.2 Å². The van der Waals surface area contributed by atoms with Gasteiger partial charge in [-0.05, 0) is 6.07 Å². The van der Waals surface area contributed by atoms with Gasteiger partial charge in [0.2, 0.25) is 5.79 Å². The lowest BCUT2D eigenvalue weighted by molar-refractivity contribution is -0.138. The number of halogens is 3. The normalized spacial score (nSPS) is 18.3. The Morgan fingerprint density at radius 1 is 1.05 bits per heavy atom. The van der Waals surface area contributed by atoms with Crippen LogP contribution < -0.4 is 22.5 Å². The summed E-state index contributed by atoms with van der Waals surface area (Å²) in [6, 6.07) is 4.72. The van der Waals surface area contributed by atoms with Crippen LogP contribution in [-0.4, -0.2) is 11.9 Å². The van der Waals surface area contributed by atoms with E-state index in [0.29, 0.717) is 0 Å². The highest BCUT2D eigenvalue weighted by molar-refractivity contribution is 5.98. The van der Waals surface area contributed by atoms with Gasteiger partial charge in [-0.25, -0.2) is 9.98 Å². The van der Waals surface area contributed by atoms with Gasteiger partial charge in [0.05, 0.1) is 5.56 Å². The zero-order valence-electron chi connectivity index (χ0n) is 9.57. The molecule has 1 aliphatic rings. The fraction of sp³-hybridized carbons (Fsp3) is 0.200. The summed E-state index contributed by atoms with van der Waals surface area (Å²) < 4.78 is 38.8. The van der Waals surface area contributed by atoms with Crippen LogP contribution in [0.4, 0.5) is 13.2 Å². The Labute approximate surface area is 106 Å². The molecule has 1 heterocycles. The number of nitrogens with one attached hydrogen (secondary N) is 1. The number of nitrogens with zero attached hydrogens (tertiary/aromatic N) is 2. The first kappa shape index (κ1) is 13.1. The Morgan fingerprint density at radius 3 is 2.11 bits per heavy atom. The second-order valence-electron chi connectivity index (χ2n) is 3.89. The molecule has 0 aliphatic carbocycles. The number of nitrogens with two attached hydrogens (primary N) is 3. The van der Waals surface area contributed by atoms with Gasteiger partial charge >= 0.3 is 6.18 Å². The van der Waals surface area contributed by atoms with E-state index in [9.17, 15) is 13.2 Å². The van der Waals surface area contributed by atoms with E-state index in [1.54, 1.807) is 0 Å². The van der Waals surface area contributed by atoms with E-state index in [-0.39, 0.29) is 17.5 Å². The summed E-state index contributed by atoms with van der Waals surface area (Å²) in [5.41, 5.74) is 15.4. The summed E-state index contributed by atoms with van der Waals surface area (Å²) in [5.74, 6) is -2.40. The van der Waals surface area contributed by atoms with Crippen molar-refractivity contribution < 1.29 is 13.2 Å². The van der Waals surface area contributed by atoms with Crippen LogP contribution >= 0.6 is 0 Å². The number of hydrogen-bond donors (Lipinski definition) is 4. The summed E-state index contributed by atoms with van der Waals surface area (Å²) in [6.45, 7) is 0. The van der Waals surface area contributed by atoms with Crippen molar-refractivity contribution in [3.63, 3.8) is 0 Å². The van der Waals surface area contributed by atoms with E-state index >= 15 is 0 Å². The molecule has 0 aromatic heterocycles. The molecule has 9 heteroatoms. The van der Waals surface area contributed by atoms with Gasteiger partial charge in [-0.15, -0.1) is 0 Å². The van der Waals surface area contributed by atoms with Crippen molar-refractivity contribution in [2.45, 2.75) is 12.0 Å². The molecule has 1 aromatic rings. The molecule has 6 nitrogen and oxygen atoms in total. The molecule has 1 aromatic carbocycles. The minimum atomic E-state index is -4.58. The smallest absolute Gasteiger partial charge is 0.369 e. The third kappa shape index (κ3) is 2.45. The topological polar surface area (TPSA) is 115 Å². The number of alkyl halides is 3. The van der Waals surface area contributed by atoms with Gasteiger partial charge in [-0.1, -0.05) is 18.2 Å². The predicted molar refractivity (Wildman–Crippen MR) is 63.7 cm³/mol. The molecule has 0 amide bonds. The summed E-state index contributed by atoms with van der Waals surface area (Å²) in [4.78, 5) is 7.41. The second-order valence-corrected chi connectivity index (χ2v) is 3.89. The van der Waals surface area contributed by atoms with Crippen molar-refractivity contribution in [3.05, 3.63) is 35.4 Å². The van der Waals surface area contributed by atoms with Crippen molar-refractivity contribution in [3.8, 4) is 0 Å². The van der Waals surface area contributed by atoms with Crippen LogP contribution in [-0.2, 0) is 12.0 Å². The zero-order chi connectivity index (χ0) is 14.3. The average Bonchev–Trinajstić information content (AvgIpc) is 2.26. The summed E-state index contributed by atoms with van der Waals surface area (Å²) in [7, 11) is 0. The molecule has 0 spiro atoms. The molecule has 1 aliphatic heterocycles. The Balaban J connectivity index is 2.62. The highest BCUT2D eigenvalue weighted by atomic mass is 19.4. The Morgan fingerprint density at radius 2 is 1.58 bits per heavy atom. The SMILES string of the molecule is NC1=NC(N)(c2ccccc2C(F)(F)F)N=C(N)N1. The number of guanidine groups is 2. The molecule has 19 heavy (non-hydrogen) atoms. The first-order valence-corrected chi connectivity index (χ1v) is 5.15. The molecular formula is C10H11F3N6. The van der Waals surface area contributed by atoms with Crippen LogP contribution in [0.15, 0.2) is 34.3 Å². The molecule has 0 saturated heterocycles. The van der Waals surface area contributed by atoms with Crippen molar-refractivity contribution in [2.24, 2.45) is 27.2 Å². The fourth-order valence-corrected chi connectivity index (χ4v) is 1.75.